The first-order chi connectivity index (χ1) is 12.1. The van der Waals surface area contributed by atoms with Gasteiger partial charge in [0.2, 0.25) is 0 Å². The molecule has 0 spiro atoms. The molecule has 1 aromatic carbocycles. The van der Waals surface area contributed by atoms with Crippen molar-refractivity contribution in [2.24, 2.45) is 5.92 Å². The van der Waals surface area contributed by atoms with Crippen molar-refractivity contribution < 1.29 is 9.21 Å². The molecule has 1 fully saturated rings. The van der Waals surface area contributed by atoms with E-state index in [4.69, 9.17) is 4.42 Å². The number of carbonyl (C=O) groups is 1. The Labute approximate surface area is 149 Å². The molecule has 2 N–H and O–H groups in total. The maximum absolute atomic E-state index is 12.0. The maximum Gasteiger partial charge on any atom is 0.319 e. The normalized spacial score (nSPS) is 15.9. The lowest BCUT2D eigenvalue weighted by atomic mass is 9.96. The minimum atomic E-state index is -0.127. The molecule has 0 bridgehead atoms. The van der Waals surface area contributed by atoms with E-state index in [9.17, 15) is 4.79 Å². The first kappa shape index (κ1) is 17.5. The summed E-state index contributed by atoms with van der Waals surface area (Å²) >= 11 is 0. The van der Waals surface area contributed by atoms with Crippen LogP contribution in [0, 0.1) is 19.8 Å². The van der Waals surface area contributed by atoms with Gasteiger partial charge in [-0.1, -0.05) is 18.2 Å². The first-order valence-corrected chi connectivity index (χ1v) is 8.98. The lowest BCUT2D eigenvalue weighted by Crippen LogP contribution is -2.39. The Morgan fingerprint density at radius 1 is 1.20 bits per heavy atom. The predicted molar refractivity (Wildman–Crippen MR) is 99.6 cm³/mol. The van der Waals surface area contributed by atoms with E-state index in [0.29, 0.717) is 5.92 Å². The largest absolute Gasteiger partial charge is 0.466 e. The van der Waals surface area contributed by atoms with E-state index in [-0.39, 0.29) is 6.03 Å². The summed E-state index contributed by atoms with van der Waals surface area (Å²) in [5.74, 6) is 2.56. The van der Waals surface area contributed by atoms with Gasteiger partial charge in [-0.3, -0.25) is 4.90 Å². The van der Waals surface area contributed by atoms with Gasteiger partial charge >= 0.3 is 6.03 Å². The van der Waals surface area contributed by atoms with Crippen LogP contribution in [0.15, 0.2) is 40.8 Å². The molecule has 1 aliphatic heterocycles. The SMILES string of the molecule is Cc1cc(CN2CCC(CNC(=O)Nc3ccccc3)CC2)c(C)o1. The lowest BCUT2D eigenvalue weighted by molar-refractivity contribution is 0.175. The molecule has 0 saturated carbocycles. The average Bonchev–Trinajstić information content (AvgIpc) is 2.92. The van der Waals surface area contributed by atoms with Crippen LogP contribution in [0.2, 0.25) is 0 Å². The van der Waals surface area contributed by atoms with Gasteiger partial charge in [0.1, 0.15) is 11.5 Å². The Morgan fingerprint density at radius 2 is 1.92 bits per heavy atom. The number of hydrogen-bond donors (Lipinski definition) is 2. The summed E-state index contributed by atoms with van der Waals surface area (Å²) in [7, 11) is 0. The van der Waals surface area contributed by atoms with E-state index in [2.05, 4.69) is 21.6 Å². The number of furan rings is 1. The van der Waals surface area contributed by atoms with E-state index < -0.39 is 0 Å². The lowest BCUT2D eigenvalue weighted by Gasteiger charge is -2.31. The van der Waals surface area contributed by atoms with Gasteiger partial charge in [0.15, 0.2) is 0 Å². The summed E-state index contributed by atoms with van der Waals surface area (Å²) in [4.78, 5) is 14.4. The fourth-order valence-electron chi connectivity index (χ4n) is 3.36. The summed E-state index contributed by atoms with van der Waals surface area (Å²) in [6.07, 6.45) is 2.23. The highest BCUT2D eigenvalue weighted by molar-refractivity contribution is 5.89. The van der Waals surface area contributed by atoms with Crippen molar-refractivity contribution in [1.82, 2.24) is 10.2 Å². The number of anilines is 1. The molecule has 0 unspecified atom stereocenters. The molecule has 2 aromatic rings. The number of rotatable bonds is 5. The monoisotopic (exact) mass is 341 g/mol. The number of likely N-dealkylation sites (tertiary alicyclic amines) is 1. The van der Waals surface area contributed by atoms with Crippen molar-refractivity contribution in [2.45, 2.75) is 33.2 Å². The Morgan fingerprint density at radius 3 is 2.56 bits per heavy atom. The Hall–Kier alpha value is -2.27. The number of urea groups is 1. The molecule has 1 saturated heterocycles. The fraction of sp³-hybridized carbons (Fsp3) is 0.450. The van der Waals surface area contributed by atoms with Crippen molar-refractivity contribution in [3.63, 3.8) is 0 Å². The van der Waals surface area contributed by atoms with Crippen molar-refractivity contribution in [3.05, 3.63) is 53.5 Å². The zero-order valence-electron chi connectivity index (χ0n) is 15.0. The zero-order chi connectivity index (χ0) is 17.6. The third kappa shape index (κ3) is 5.10. The first-order valence-electron chi connectivity index (χ1n) is 8.98. The van der Waals surface area contributed by atoms with Crippen LogP contribution in [0.25, 0.3) is 0 Å². The molecule has 2 amide bonds. The summed E-state index contributed by atoms with van der Waals surface area (Å²) in [5, 5.41) is 5.85. The minimum Gasteiger partial charge on any atom is -0.466 e. The summed E-state index contributed by atoms with van der Waals surface area (Å²) < 4.78 is 5.61. The quantitative estimate of drug-likeness (QED) is 0.866. The van der Waals surface area contributed by atoms with Gasteiger partial charge in [-0.05, 0) is 63.9 Å². The highest BCUT2D eigenvalue weighted by Crippen LogP contribution is 2.21. The van der Waals surface area contributed by atoms with Gasteiger partial charge in [0.25, 0.3) is 0 Å². The number of carbonyl (C=O) groups excluding carboxylic acids is 1. The highest BCUT2D eigenvalue weighted by atomic mass is 16.3. The van der Waals surface area contributed by atoms with Gasteiger partial charge in [-0.2, -0.15) is 0 Å². The van der Waals surface area contributed by atoms with Crippen molar-refractivity contribution in [1.29, 1.82) is 0 Å². The Kier molecular flexibility index (Phi) is 5.76. The molecule has 0 aliphatic carbocycles. The average molecular weight is 341 g/mol. The minimum absolute atomic E-state index is 0.127. The van der Waals surface area contributed by atoms with Crippen LogP contribution >= 0.6 is 0 Å². The highest BCUT2D eigenvalue weighted by Gasteiger charge is 2.20. The third-order valence-electron chi connectivity index (χ3n) is 4.83. The van der Waals surface area contributed by atoms with Crippen LogP contribution < -0.4 is 10.6 Å². The molecule has 25 heavy (non-hydrogen) atoms. The molecule has 2 heterocycles. The van der Waals surface area contributed by atoms with Crippen molar-refractivity contribution in [2.75, 3.05) is 25.0 Å². The number of nitrogens with one attached hydrogen (secondary N) is 2. The second kappa shape index (κ2) is 8.21. The molecule has 0 atom stereocenters. The zero-order valence-corrected chi connectivity index (χ0v) is 15.0. The number of benzene rings is 1. The Balaban J connectivity index is 1.38. The smallest absolute Gasteiger partial charge is 0.319 e. The molecule has 134 valence electrons. The summed E-state index contributed by atoms with van der Waals surface area (Å²) in [6.45, 7) is 7.85. The van der Waals surface area contributed by atoms with Crippen LogP contribution in [0.3, 0.4) is 0 Å². The summed E-state index contributed by atoms with van der Waals surface area (Å²) in [6, 6.07) is 11.5. The van der Waals surface area contributed by atoms with Crippen molar-refractivity contribution >= 4 is 11.7 Å². The van der Waals surface area contributed by atoms with Gasteiger partial charge in [0, 0.05) is 24.3 Å². The fourth-order valence-corrected chi connectivity index (χ4v) is 3.36. The molecule has 1 aliphatic rings. The topological polar surface area (TPSA) is 57.5 Å². The Bertz CT molecular complexity index is 688. The number of nitrogens with zero attached hydrogens (tertiary/aromatic N) is 1. The van der Waals surface area contributed by atoms with Gasteiger partial charge < -0.3 is 15.1 Å². The van der Waals surface area contributed by atoms with E-state index in [0.717, 1.165) is 56.2 Å². The third-order valence-corrected chi connectivity index (χ3v) is 4.83. The van der Waals surface area contributed by atoms with E-state index in [1.54, 1.807) is 0 Å². The van der Waals surface area contributed by atoms with Crippen LogP contribution in [0.1, 0.15) is 29.9 Å². The number of hydrogen-bond acceptors (Lipinski definition) is 3. The van der Waals surface area contributed by atoms with Gasteiger partial charge in [-0.15, -0.1) is 0 Å². The molecule has 3 rings (SSSR count). The van der Waals surface area contributed by atoms with Crippen molar-refractivity contribution in [3.8, 4) is 0 Å². The van der Waals surface area contributed by atoms with Crippen LogP contribution in [0.4, 0.5) is 10.5 Å². The second-order valence-corrected chi connectivity index (χ2v) is 6.86. The molecular formula is C20H27N3O2. The van der Waals surface area contributed by atoms with E-state index in [1.807, 2.05) is 44.2 Å². The second-order valence-electron chi connectivity index (χ2n) is 6.86. The molecule has 0 radical (unpaired) electrons. The van der Waals surface area contributed by atoms with E-state index >= 15 is 0 Å². The standard InChI is InChI=1S/C20H27N3O2/c1-15-12-18(16(2)25-15)14-23-10-8-17(9-11-23)13-21-20(24)22-19-6-4-3-5-7-19/h3-7,12,17H,8-11,13-14H2,1-2H3,(H2,21,22,24). The predicted octanol–water partition coefficient (Wildman–Crippen LogP) is 3.93. The van der Waals surface area contributed by atoms with Crippen LogP contribution in [-0.4, -0.2) is 30.6 Å². The van der Waals surface area contributed by atoms with Crippen LogP contribution in [-0.2, 0) is 6.54 Å². The number of para-hydroxylation sites is 1. The number of amides is 2. The molecular weight excluding hydrogens is 314 g/mol. The van der Waals surface area contributed by atoms with Gasteiger partial charge in [0.05, 0.1) is 0 Å². The molecule has 1 aromatic heterocycles. The van der Waals surface area contributed by atoms with E-state index in [1.165, 1.54) is 5.56 Å². The molecule has 5 heteroatoms. The molecule has 5 nitrogen and oxygen atoms in total. The summed E-state index contributed by atoms with van der Waals surface area (Å²) in [5.41, 5.74) is 2.11. The number of piperidine rings is 1. The van der Waals surface area contributed by atoms with Gasteiger partial charge in [-0.25, -0.2) is 4.79 Å². The van der Waals surface area contributed by atoms with Crippen LogP contribution in [0.5, 0.6) is 0 Å². The maximum atomic E-state index is 12.0. The number of aryl methyl sites for hydroxylation is 2.